The van der Waals surface area contributed by atoms with Gasteiger partial charge in [0, 0.05) is 15.8 Å². The summed E-state index contributed by atoms with van der Waals surface area (Å²) in [7, 11) is 1.61. The van der Waals surface area contributed by atoms with Crippen LogP contribution in [0.15, 0.2) is 59.4 Å². The Morgan fingerprint density at radius 1 is 1.06 bits per heavy atom. The number of pyridine rings is 1. The van der Waals surface area contributed by atoms with Crippen LogP contribution in [0, 0.1) is 13.8 Å². The Bertz CT molecular complexity index is 1610. The molecule has 0 saturated heterocycles. The van der Waals surface area contributed by atoms with Crippen molar-refractivity contribution in [3.63, 3.8) is 0 Å². The van der Waals surface area contributed by atoms with Crippen LogP contribution in [0.3, 0.4) is 0 Å². The predicted molar refractivity (Wildman–Crippen MR) is 140 cm³/mol. The molecule has 0 radical (unpaired) electrons. The van der Waals surface area contributed by atoms with Crippen molar-refractivity contribution in [3.8, 4) is 17.0 Å². The van der Waals surface area contributed by atoms with E-state index in [1.54, 1.807) is 13.2 Å². The van der Waals surface area contributed by atoms with Crippen LogP contribution in [0.4, 0.5) is 0 Å². The van der Waals surface area contributed by atoms with Gasteiger partial charge in [-0.15, -0.1) is 23.7 Å². The first-order chi connectivity index (χ1) is 16.4. The van der Waals surface area contributed by atoms with Gasteiger partial charge in [0.05, 0.1) is 29.3 Å². The maximum absolute atomic E-state index is 13.1. The average Bonchev–Trinajstić information content (AvgIpc) is 3.15. The van der Waals surface area contributed by atoms with Crippen molar-refractivity contribution in [2.45, 2.75) is 20.5 Å². The number of nitrogens with one attached hydrogen (secondary N) is 1. The fourth-order valence-electron chi connectivity index (χ4n) is 3.83. The molecule has 2 aromatic carbocycles. The Balaban J connectivity index is 0.00000289. The first-order valence-electron chi connectivity index (χ1n) is 10.6. The molecule has 0 fully saturated rings. The lowest BCUT2D eigenvalue weighted by atomic mass is 10.0. The number of halogens is 1. The number of fused-ring (bicyclic) bond motifs is 2. The van der Waals surface area contributed by atoms with Crippen LogP contribution in [0.1, 0.15) is 26.6 Å². The number of nitrogens with zero attached hydrogens (tertiary/aromatic N) is 2. The zero-order valence-electron chi connectivity index (χ0n) is 19.2. The number of hydrogen-bond donors (Lipinski definition) is 1. The minimum absolute atomic E-state index is 0. The molecule has 0 amide bonds. The van der Waals surface area contributed by atoms with Crippen LogP contribution in [0.25, 0.3) is 32.4 Å². The van der Waals surface area contributed by atoms with Crippen molar-refractivity contribution in [2.24, 2.45) is 0 Å². The molecule has 0 saturated carbocycles. The van der Waals surface area contributed by atoms with Crippen LogP contribution in [-0.2, 0) is 11.3 Å². The number of hydrogen-bond acceptors (Lipinski definition) is 7. The highest BCUT2D eigenvalue weighted by Gasteiger charge is 2.17. The summed E-state index contributed by atoms with van der Waals surface area (Å²) < 4.78 is 10.8. The summed E-state index contributed by atoms with van der Waals surface area (Å²) in [6.07, 6.45) is 0. The minimum Gasteiger partial charge on any atom is -0.497 e. The number of ether oxygens (including phenoxy) is 2. The summed E-state index contributed by atoms with van der Waals surface area (Å²) in [5.41, 5.74) is 3.26. The van der Waals surface area contributed by atoms with E-state index in [2.05, 4.69) is 9.97 Å². The van der Waals surface area contributed by atoms with E-state index >= 15 is 0 Å². The van der Waals surface area contributed by atoms with Gasteiger partial charge in [0.25, 0.3) is 5.56 Å². The quantitative estimate of drug-likeness (QED) is 0.311. The van der Waals surface area contributed by atoms with Crippen LogP contribution in [-0.4, -0.2) is 28.0 Å². The molecule has 3 aromatic heterocycles. The number of carbonyl (C=O) groups excluding carboxylic acids is 1. The van der Waals surface area contributed by atoms with Gasteiger partial charge < -0.3 is 14.5 Å². The summed E-state index contributed by atoms with van der Waals surface area (Å²) in [6, 6.07) is 16.6. The predicted octanol–water partition coefficient (Wildman–Crippen LogP) is 5.60. The molecule has 1 N–H and O–H groups in total. The highest BCUT2D eigenvalue weighted by molar-refractivity contribution is 7.18. The molecule has 0 aliphatic heterocycles. The van der Waals surface area contributed by atoms with Crippen LogP contribution < -0.4 is 10.3 Å². The lowest BCUT2D eigenvalue weighted by Crippen LogP contribution is -2.14. The fourth-order valence-corrected chi connectivity index (χ4v) is 4.88. The highest BCUT2D eigenvalue weighted by Crippen LogP contribution is 2.28. The third kappa shape index (κ3) is 4.62. The van der Waals surface area contributed by atoms with Gasteiger partial charge in [0.2, 0.25) is 0 Å². The normalized spacial score (nSPS) is 10.8. The fraction of sp³-hybridized carbons (Fsp3) is 0.154. The summed E-state index contributed by atoms with van der Waals surface area (Å²) in [5.74, 6) is 0.522. The summed E-state index contributed by atoms with van der Waals surface area (Å²) in [4.78, 5) is 39.3. The van der Waals surface area contributed by atoms with Crippen molar-refractivity contribution < 1.29 is 14.3 Å². The smallest absolute Gasteiger partial charge is 0.339 e. The van der Waals surface area contributed by atoms with Crippen LogP contribution in [0.2, 0.25) is 0 Å². The molecule has 5 rings (SSSR count). The van der Waals surface area contributed by atoms with Gasteiger partial charge in [-0.25, -0.2) is 14.8 Å². The van der Waals surface area contributed by atoms with Crippen LogP contribution in [0.5, 0.6) is 5.75 Å². The molecule has 7 nitrogen and oxygen atoms in total. The van der Waals surface area contributed by atoms with Gasteiger partial charge in [-0.2, -0.15) is 0 Å². The SMILES string of the molecule is COc1ccc(-c2cc(C(=O)OCc3nc4sc(C)c(C)c4c(=O)[nH]3)c3ccccc3n2)cc1.Cl. The standard InChI is InChI=1S/C26H21N3O4S.ClH/c1-14-15(2)34-25-23(14)24(30)28-22(29-25)13-33-26(31)19-12-21(16-8-10-17(32-3)11-9-16)27-20-7-5-4-6-18(19)20;/h4-12H,13H2,1-3H3,(H,28,29,30);1H. The number of rotatable bonds is 5. The molecule has 0 spiro atoms. The maximum Gasteiger partial charge on any atom is 0.339 e. The second-order valence-electron chi connectivity index (χ2n) is 7.85. The maximum atomic E-state index is 13.1. The Labute approximate surface area is 211 Å². The Morgan fingerprint density at radius 3 is 2.54 bits per heavy atom. The Hall–Kier alpha value is -3.75. The summed E-state index contributed by atoms with van der Waals surface area (Å²) in [6.45, 7) is 3.71. The summed E-state index contributed by atoms with van der Waals surface area (Å²) >= 11 is 1.45. The number of thiophene rings is 1. The first kappa shape index (κ1) is 24.4. The second kappa shape index (κ2) is 9.85. The van der Waals surface area contributed by atoms with E-state index in [1.165, 1.54) is 11.3 Å². The van der Waals surface area contributed by atoms with Crippen molar-refractivity contribution in [1.82, 2.24) is 15.0 Å². The minimum atomic E-state index is -0.519. The number of carbonyl (C=O) groups is 1. The van der Waals surface area contributed by atoms with Crippen molar-refractivity contribution in [3.05, 3.63) is 86.8 Å². The summed E-state index contributed by atoms with van der Waals surface area (Å²) in [5, 5.41) is 1.27. The molecule has 0 aliphatic rings. The van der Waals surface area contributed by atoms with Crippen molar-refractivity contribution >= 4 is 50.8 Å². The molecule has 5 aromatic rings. The number of methoxy groups -OCH3 is 1. The number of esters is 1. The lowest BCUT2D eigenvalue weighted by Gasteiger charge is -2.10. The molecule has 0 aliphatic carbocycles. The van der Waals surface area contributed by atoms with Crippen molar-refractivity contribution in [2.75, 3.05) is 7.11 Å². The third-order valence-electron chi connectivity index (χ3n) is 5.75. The van der Waals surface area contributed by atoms with Gasteiger partial charge in [-0.05, 0) is 55.8 Å². The van der Waals surface area contributed by atoms with Crippen molar-refractivity contribution in [1.29, 1.82) is 0 Å². The average molecular weight is 508 g/mol. The molecule has 3 heterocycles. The highest BCUT2D eigenvalue weighted by atomic mass is 35.5. The number of aryl methyl sites for hydroxylation is 2. The third-order valence-corrected chi connectivity index (χ3v) is 6.85. The van der Waals surface area contributed by atoms with Gasteiger partial charge in [-0.3, -0.25) is 4.79 Å². The zero-order valence-corrected chi connectivity index (χ0v) is 20.9. The topological polar surface area (TPSA) is 94.2 Å². The van der Waals surface area contributed by atoms with E-state index in [0.717, 1.165) is 21.8 Å². The molecule has 0 unspecified atom stereocenters. The van der Waals surface area contributed by atoms with Gasteiger partial charge in [0.15, 0.2) is 0 Å². The van der Waals surface area contributed by atoms with Gasteiger partial charge >= 0.3 is 5.97 Å². The number of aromatic amines is 1. The van der Waals surface area contributed by atoms with Gasteiger partial charge in [-0.1, -0.05) is 18.2 Å². The molecule has 35 heavy (non-hydrogen) atoms. The first-order valence-corrected chi connectivity index (χ1v) is 11.5. The van der Waals surface area contributed by atoms with E-state index in [9.17, 15) is 9.59 Å². The van der Waals surface area contributed by atoms with Gasteiger partial charge in [0.1, 0.15) is 23.0 Å². The number of para-hydroxylation sites is 1. The van der Waals surface area contributed by atoms with E-state index < -0.39 is 5.97 Å². The molecule has 9 heteroatoms. The van der Waals surface area contributed by atoms with E-state index in [4.69, 9.17) is 14.5 Å². The number of aromatic nitrogens is 3. The molecule has 0 bridgehead atoms. The molecule has 0 atom stereocenters. The largest absolute Gasteiger partial charge is 0.497 e. The monoisotopic (exact) mass is 507 g/mol. The Kier molecular flexibility index (Phi) is 6.86. The molecular formula is C26H22ClN3O4S. The molecule has 178 valence electrons. The lowest BCUT2D eigenvalue weighted by molar-refractivity contribution is 0.0464. The number of benzene rings is 2. The zero-order chi connectivity index (χ0) is 23.8. The number of H-pyrrole nitrogens is 1. The Morgan fingerprint density at radius 2 is 1.80 bits per heavy atom. The van der Waals surface area contributed by atoms with E-state index in [1.807, 2.05) is 62.4 Å². The van der Waals surface area contributed by atoms with Crippen LogP contribution >= 0.6 is 23.7 Å². The van der Waals surface area contributed by atoms with E-state index in [-0.39, 0.29) is 24.6 Å². The molecular weight excluding hydrogens is 486 g/mol. The van der Waals surface area contributed by atoms with E-state index in [0.29, 0.717) is 38.2 Å². The second-order valence-corrected chi connectivity index (χ2v) is 9.06.